The van der Waals surface area contributed by atoms with Crippen LogP contribution in [0.2, 0.25) is 0 Å². The van der Waals surface area contributed by atoms with Gasteiger partial charge in [-0.25, -0.2) is 4.98 Å². The van der Waals surface area contributed by atoms with Crippen molar-refractivity contribution in [2.24, 2.45) is 24.8 Å². The first kappa shape index (κ1) is 19.0. The standard InChI is InChI=1S/C20H23F3N4O/c1-25-8-15-16(9-25)17(15)10-27(19(28)18-11-26(2)12-24-18)7-13-4-3-5-14(6-13)20(21,22)23/h3-6,11-12,15-17H,7-10H2,1-2H3. The van der Waals surface area contributed by atoms with Gasteiger partial charge in [0.1, 0.15) is 5.69 Å². The molecule has 1 aliphatic heterocycles. The number of carbonyl (C=O) groups is 1. The molecule has 1 saturated carbocycles. The molecular formula is C20H23F3N4O. The quantitative estimate of drug-likeness (QED) is 0.786. The lowest BCUT2D eigenvalue weighted by Gasteiger charge is -2.24. The minimum absolute atomic E-state index is 0.144. The SMILES string of the molecule is CN1CC2C(C1)C2CN(Cc1cccc(C(F)(F)F)c1)C(=O)c1cn(C)cn1. The first-order valence-electron chi connectivity index (χ1n) is 9.34. The van der Waals surface area contributed by atoms with Crippen molar-refractivity contribution in [1.82, 2.24) is 19.4 Å². The van der Waals surface area contributed by atoms with Gasteiger partial charge < -0.3 is 14.4 Å². The normalized spacial score (nSPS) is 24.2. The first-order valence-corrected chi connectivity index (χ1v) is 9.34. The number of imidazole rings is 1. The number of likely N-dealkylation sites (tertiary alicyclic amines) is 1. The van der Waals surface area contributed by atoms with Crippen LogP contribution in [0.5, 0.6) is 0 Å². The molecule has 2 fully saturated rings. The van der Waals surface area contributed by atoms with Gasteiger partial charge in [-0.2, -0.15) is 13.2 Å². The Bertz CT molecular complexity index is 866. The monoisotopic (exact) mass is 392 g/mol. The van der Waals surface area contributed by atoms with Crippen LogP contribution in [0.4, 0.5) is 13.2 Å². The van der Waals surface area contributed by atoms with Gasteiger partial charge in [-0.3, -0.25) is 4.79 Å². The molecule has 1 saturated heterocycles. The van der Waals surface area contributed by atoms with Gasteiger partial charge in [0.2, 0.25) is 0 Å². The van der Waals surface area contributed by atoms with Gasteiger partial charge in [0.05, 0.1) is 11.9 Å². The van der Waals surface area contributed by atoms with Crippen molar-refractivity contribution in [2.75, 3.05) is 26.7 Å². The lowest BCUT2D eigenvalue weighted by molar-refractivity contribution is -0.137. The molecule has 0 radical (unpaired) electrons. The van der Waals surface area contributed by atoms with Crippen LogP contribution in [0.15, 0.2) is 36.8 Å². The molecule has 0 N–H and O–H groups in total. The summed E-state index contributed by atoms with van der Waals surface area (Å²) in [4.78, 5) is 21.1. The second-order valence-corrected chi connectivity index (χ2v) is 8.02. The van der Waals surface area contributed by atoms with E-state index < -0.39 is 11.7 Å². The van der Waals surface area contributed by atoms with E-state index in [9.17, 15) is 18.0 Å². The molecule has 1 aliphatic carbocycles. The Morgan fingerprint density at radius 2 is 1.96 bits per heavy atom. The van der Waals surface area contributed by atoms with Crippen molar-refractivity contribution in [3.05, 3.63) is 53.6 Å². The average Bonchev–Trinajstić information content (AvgIpc) is 2.99. The third-order valence-electron chi connectivity index (χ3n) is 5.82. The van der Waals surface area contributed by atoms with Gasteiger partial charge >= 0.3 is 6.18 Å². The summed E-state index contributed by atoms with van der Waals surface area (Å²) < 4.78 is 40.8. The molecule has 0 spiro atoms. The van der Waals surface area contributed by atoms with E-state index in [2.05, 4.69) is 16.9 Å². The van der Waals surface area contributed by atoms with Crippen LogP contribution < -0.4 is 0 Å². The number of carbonyl (C=O) groups excluding carboxylic acids is 1. The fourth-order valence-electron chi connectivity index (χ4n) is 4.36. The molecule has 2 unspecified atom stereocenters. The molecule has 150 valence electrons. The minimum Gasteiger partial charge on any atom is -0.340 e. The second kappa shape index (κ2) is 6.92. The summed E-state index contributed by atoms with van der Waals surface area (Å²) >= 11 is 0. The van der Waals surface area contributed by atoms with E-state index in [-0.39, 0.29) is 12.5 Å². The van der Waals surface area contributed by atoms with Crippen molar-refractivity contribution in [3.8, 4) is 0 Å². The molecule has 0 bridgehead atoms. The Labute approximate surface area is 161 Å². The zero-order chi connectivity index (χ0) is 20.1. The van der Waals surface area contributed by atoms with Crippen molar-refractivity contribution >= 4 is 5.91 Å². The fourth-order valence-corrected chi connectivity index (χ4v) is 4.36. The molecule has 1 amide bonds. The van der Waals surface area contributed by atoms with Crippen LogP contribution in [-0.2, 0) is 19.8 Å². The molecule has 2 heterocycles. The van der Waals surface area contributed by atoms with Gasteiger partial charge in [-0.05, 0) is 42.5 Å². The first-order chi connectivity index (χ1) is 13.2. The Morgan fingerprint density at radius 1 is 1.25 bits per heavy atom. The third-order valence-corrected chi connectivity index (χ3v) is 5.82. The molecule has 1 aromatic heterocycles. The number of aryl methyl sites for hydroxylation is 1. The topological polar surface area (TPSA) is 41.4 Å². The Hall–Kier alpha value is -2.35. The molecule has 4 rings (SSSR count). The predicted molar refractivity (Wildman–Crippen MR) is 97.4 cm³/mol. The number of amides is 1. The highest BCUT2D eigenvalue weighted by Gasteiger charge is 2.55. The van der Waals surface area contributed by atoms with Crippen LogP contribution in [0.3, 0.4) is 0 Å². The van der Waals surface area contributed by atoms with Crippen LogP contribution in [0.25, 0.3) is 0 Å². The van der Waals surface area contributed by atoms with Gasteiger partial charge in [-0.15, -0.1) is 0 Å². The number of alkyl halides is 3. The number of rotatable bonds is 5. The Morgan fingerprint density at radius 3 is 2.57 bits per heavy atom. The predicted octanol–water partition coefficient (Wildman–Crippen LogP) is 2.89. The number of benzene rings is 1. The summed E-state index contributed by atoms with van der Waals surface area (Å²) in [6.45, 7) is 2.73. The van der Waals surface area contributed by atoms with E-state index in [1.807, 2.05) is 0 Å². The van der Waals surface area contributed by atoms with Gasteiger partial charge in [-0.1, -0.05) is 12.1 Å². The third kappa shape index (κ3) is 3.78. The zero-order valence-electron chi connectivity index (χ0n) is 15.9. The summed E-state index contributed by atoms with van der Waals surface area (Å²) in [5.74, 6) is 1.32. The van der Waals surface area contributed by atoms with Gasteiger partial charge in [0, 0.05) is 39.4 Å². The summed E-state index contributed by atoms with van der Waals surface area (Å²) in [7, 11) is 3.87. The second-order valence-electron chi connectivity index (χ2n) is 8.02. The Balaban J connectivity index is 1.54. The van der Waals surface area contributed by atoms with Crippen LogP contribution in [-0.4, -0.2) is 51.9 Å². The van der Waals surface area contributed by atoms with Crippen molar-refractivity contribution in [1.29, 1.82) is 0 Å². The minimum atomic E-state index is -4.40. The highest BCUT2D eigenvalue weighted by molar-refractivity contribution is 5.92. The maximum Gasteiger partial charge on any atom is 0.416 e. The lowest BCUT2D eigenvalue weighted by Crippen LogP contribution is -2.34. The number of piperidine rings is 1. The van der Waals surface area contributed by atoms with Gasteiger partial charge in [0.15, 0.2) is 0 Å². The molecule has 28 heavy (non-hydrogen) atoms. The maximum atomic E-state index is 13.0. The molecule has 1 aromatic carbocycles. The fraction of sp³-hybridized carbons (Fsp3) is 0.500. The summed E-state index contributed by atoms with van der Waals surface area (Å²) in [5.41, 5.74) is 0.0968. The van der Waals surface area contributed by atoms with E-state index in [0.717, 1.165) is 25.2 Å². The van der Waals surface area contributed by atoms with E-state index in [1.54, 1.807) is 35.1 Å². The van der Waals surface area contributed by atoms with Crippen molar-refractivity contribution in [3.63, 3.8) is 0 Å². The molecule has 2 aliphatic rings. The van der Waals surface area contributed by atoms with E-state index in [1.165, 1.54) is 6.07 Å². The van der Waals surface area contributed by atoms with Crippen LogP contribution in [0.1, 0.15) is 21.6 Å². The van der Waals surface area contributed by atoms with Gasteiger partial charge in [0.25, 0.3) is 5.91 Å². The molecule has 5 nitrogen and oxygen atoms in total. The van der Waals surface area contributed by atoms with Crippen molar-refractivity contribution < 1.29 is 18.0 Å². The number of fused-ring (bicyclic) bond motifs is 1. The van der Waals surface area contributed by atoms with E-state index in [4.69, 9.17) is 0 Å². The summed E-state index contributed by atoms with van der Waals surface area (Å²) in [5, 5.41) is 0. The molecule has 2 aromatic rings. The highest BCUT2D eigenvalue weighted by Crippen LogP contribution is 2.51. The molecular weight excluding hydrogens is 369 g/mol. The smallest absolute Gasteiger partial charge is 0.340 e. The Kier molecular flexibility index (Phi) is 4.69. The van der Waals surface area contributed by atoms with Crippen LogP contribution in [0, 0.1) is 17.8 Å². The molecule has 2 atom stereocenters. The van der Waals surface area contributed by atoms with E-state index in [0.29, 0.717) is 35.6 Å². The van der Waals surface area contributed by atoms with Crippen LogP contribution >= 0.6 is 0 Å². The maximum absolute atomic E-state index is 13.0. The average molecular weight is 392 g/mol. The highest BCUT2D eigenvalue weighted by atomic mass is 19.4. The number of nitrogens with zero attached hydrogens (tertiary/aromatic N) is 4. The number of aromatic nitrogens is 2. The van der Waals surface area contributed by atoms with Crippen molar-refractivity contribution in [2.45, 2.75) is 12.7 Å². The number of halogens is 3. The summed E-state index contributed by atoms with van der Waals surface area (Å²) in [6.07, 6.45) is -1.20. The zero-order valence-corrected chi connectivity index (χ0v) is 15.9. The van der Waals surface area contributed by atoms with E-state index >= 15 is 0 Å². The number of hydrogen-bond acceptors (Lipinski definition) is 3. The largest absolute Gasteiger partial charge is 0.416 e. The number of hydrogen-bond donors (Lipinski definition) is 0. The molecule has 8 heteroatoms. The summed E-state index contributed by atoms with van der Waals surface area (Å²) in [6, 6.07) is 5.20. The lowest BCUT2D eigenvalue weighted by atomic mass is 10.1.